The topological polar surface area (TPSA) is 99.2 Å². The van der Waals surface area contributed by atoms with Crippen LogP contribution in [0.3, 0.4) is 0 Å². The summed E-state index contributed by atoms with van der Waals surface area (Å²) >= 11 is 0. The minimum atomic E-state index is -0.189. The molecule has 190 valence electrons. The van der Waals surface area contributed by atoms with Crippen LogP contribution in [-0.4, -0.2) is 46.3 Å². The van der Waals surface area contributed by atoms with E-state index in [-0.39, 0.29) is 11.8 Å². The minimum absolute atomic E-state index is 0.0367. The molecule has 0 fully saturated rings. The van der Waals surface area contributed by atoms with Crippen molar-refractivity contribution >= 4 is 45.6 Å². The molecule has 37 heavy (non-hydrogen) atoms. The van der Waals surface area contributed by atoms with E-state index in [4.69, 9.17) is 0 Å². The Labute approximate surface area is 217 Å². The van der Waals surface area contributed by atoms with E-state index in [1.54, 1.807) is 12.1 Å². The van der Waals surface area contributed by atoms with Crippen molar-refractivity contribution in [2.24, 2.45) is 0 Å². The van der Waals surface area contributed by atoms with Gasteiger partial charge in [-0.15, -0.1) is 0 Å². The molecule has 2 amide bonds. The van der Waals surface area contributed by atoms with Gasteiger partial charge >= 0.3 is 0 Å². The molecule has 0 bridgehead atoms. The van der Waals surface area contributed by atoms with Crippen LogP contribution in [-0.2, 0) is 4.79 Å². The summed E-state index contributed by atoms with van der Waals surface area (Å²) in [5.41, 5.74) is 3.44. The standard InChI is InChI=1S/C29H32N6O2/c1-3-15-35(16-4-2)19-27(36)32-22-11-8-12-23(17-22)33-28-25-18-24(13-14-26(25)30-20-31-28)34-29(37)21-9-6-5-7-10-21/h5-14,17-18,20H,3-4,15-16,19H2,1-2H3,(H,32,36)(H,34,37)(H,30,31,33). The van der Waals surface area contributed by atoms with Crippen molar-refractivity contribution in [2.45, 2.75) is 26.7 Å². The van der Waals surface area contributed by atoms with E-state index in [9.17, 15) is 9.59 Å². The number of hydrogen-bond acceptors (Lipinski definition) is 6. The van der Waals surface area contributed by atoms with Crippen molar-refractivity contribution in [3.63, 3.8) is 0 Å². The molecule has 0 saturated heterocycles. The van der Waals surface area contributed by atoms with Crippen LogP contribution in [0.4, 0.5) is 22.9 Å². The zero-order chi connectivity index (χ0) is 26.0. The predicted octanol–water partition coefficient (Wildman–Crippen LogP) is 5.69. The Morgan fingerprint density at radius 1 is 0.784 bits per heavy atom. The molecule has 8 heteroatoms. The van der Waals surface area contributed by atoms with E-state index in [2.05, 4.69) is 44.7 Å². The monoisotopic (exact) mass is 496 g/mol. The maximum absolute atomic E-state index is 12.6. The third-order valence-electron chi connectivity index (χ3n) is 5.79. The number of benzene rings is 3. The van der Waals surface area contributed by atoms with Crippen molar-refractivity contribution in [1.82, 2.24) is 14.9 Å². The van der Waals surface area contributed by atoms with Gasteiger partial charge in [0.25, 0.3) is 5.91 Å². The summed E-state index contributed by atoms with van der Waals surface area (Å²) in [4.78, 5) is 36.2. The van der Waals surface area contributed by atoms with Gasteiger partial charge in [-0.25, -0.2) is 9.97 Å². The first kappa shape index (κ1) is 25.8. The van der Waals surface area contributed by atoms with E-state index in [0.29, 0.717) is 29.3 Å². The van der Waals surface area contributed by atoms with Gasteiger partial charge in [0.2, 0.25) is 5.91 Å². The van der Waals surface area contributed by atoms with Gasteiger partial charge in [0, 0.05) is 28.0 Å². The number of carbonyl (C=O) groups excluding carboxylic acids is 2. The Kier molecular flexibility index (Phi) is 8.78. The largest absolute Gasteiger partial charge is 0.340 e. The number of fused-ring (bicyclic) bond motifs is 1. The van der Waals surface area contributed by atoms with Gasteiger partial charge in [0.15, 0.2) is 0 Å². The third kappa shape index (κ3) is 7.11. The van der Waals surface area contributed by atoms with E-state index < -0.39 is 0 Å². The highest BCUT2D eigenvalue weighted by molar-refractivity contribution is 6.05. The fraction of sp³-hybridized carbons (Fsp3) is 0.241. The molecule has 0 aliphatic heterocycles. The quantitative estimate of drug-likeness (QED) is 0.247. The average Bonchev–Trinajstić information content (AvgIpc) is 2.90. The summed E-state index contributed by atoms with van der Waals surface area (Å²) in [5, 5.41) is 10.0. The first-order valence-corrected chi connectivity index (χ1v) is 12.6. The van der Waals surface area contributed by atoms with Gasteiger partial charge in [-0.05, 0) is 74.5 Å². The smallest absolute Gasteiger partial charge is 0.255 e. The van der Waals surface area contributed by atoms with Crippen molar-refractivity contribution in [2.75, 3.05) is 35.6 Å². The molecule has 3 N–H and O–H groups in total. The summed E-state index contributed by atoms with van der Waals surface area (Å²) in [6.07, 6.45) is 3.52. The Balaban J connectivity index is 1.49. The molecule has 0 saturated carbocycles. The molecule has 0 aliphatic rings. The van der Waals surface area contributed by atoms with Crippen LogP contribution >= 0.6 is 0 Å². The van der Waals surface area contributed by atoms with Crippen LogP contribution < -0.4 is 16.0 Å². The van der Waals surface area contributed by atoms with E-state index in [1.165, 1.54) is 6.33 Å². The molecule has 0 atom stereocenters. The lowest BCUT2D eigenvalue weighted by Gasteiger charge is -2.20. The van der Waals surface area contributed by atoms with E-state index >= 15 is 0 Å². The molecule has 0 radical (unpaired) electrons. The minimum Gasteiger partial charge on any atom is -0.340 e. The highest BCUT2D eigenvalue weighted by Gasteiger charge is 2.11. The number of hydrogen-bond donors (Lipinski definition) is 3. The second-order valence-electron chi connectivity index (χ2n) is 8.80. The molecule has 1 aromatic heterocycles. The van der Waals surface area contributed by atoms with E-state index in [1.807, 2.05) is 60.7 Å². The van der Waals surface area contributed by atoms with Gasteiger partial charge in [-0.1, -0.05) is 38.1 Å². The van der Waals surface area contributed by atoms with Crippen molar-refractivity contribution in [3.8, 4) is 0 Å². The normalized spacial score (nSPS) is 10.9. The van der Waals surface area contributed by atoms with Gasteiger partial charge in [0.05, 0.1) is 12.1 Å². The summed E-state index contributed by atoms with van der Waals surface area (Å²) < 4.78 is 0. The molecule has 0 aliphatic carbocycles. The lowest BCUT2D eigenvalue weighted by molar-refractivity contribution is -0.117. The molecule has 1 heterocycles. The number of anilines is 4. The van der Waals surface area contributed by atoms with Crippen molar-refractivity contribution in [1.29, 1.82) is 0 Å². The maximum atomic E-state index is 12.6. The third-order valence-corrected chi connectivity index (χ3v) is 5.79. The van der Waals surface area contributed by atoms with Gasteiger partial charge in [-0.3, -0.25) is 14.5 Å². The highest BCUT2D eigenvalue weighted by atomic mass is 16.2. The Bertz CT molecular complexity index is 1350. The summed E-state index contributed by atoms with van der Waals surface area (Å²) in [6, 6.07) is 22.1. The molecular formula is C29H32N6O2. The van der Waals surface area contributed by atoms with Crippen LogP contribution in [0.25, 0.3) is 10.9 Å². The first-order valence-electron chi connectivity index (χ1n) is 12.6. The maximum Gasteiger partial charge on any atom is 0.255 e. The number of amides is 2. The lowest BCUT2D eigenvalue weighted by atomic mass is 10.1. The SMILES string of the molecule is CCCN(CCC)CC(=O)Nc1cccc(Nc2ncnc3ccc(NC(=O)c4ccccc4)cc23)c1. The Hall–Kier alpha value is -4.30. The zero-order valence-corrected chi connectivity index (χ0v) is 21.2. The van der Waals surface area contributed by atoms with Crippen LogP contribution in [0, 0.1) is 0 Å². The van der Waals surface area contributed by atoms with Crippen LogP contribution in [0.5, 0.6) is 0 Å². The molecular weight excluding hydrogens is 464 g/mol. The number of nitrogens with one attached hydrogen (secondary N) is 3. The van der Waals surface area contributed by atoms with Crippen molar-refractivity contribution < 1.29 is 9.59 Å². The molecule has 3 aromatic carbocycles. The van der Waals surface area contributed by atoms with Crippen LogP contribution in [0.2, 0.25) is 0 Å². The predicted molar refractivity (Wildman–Crippen MR) is 149 cm³/mol. The van der Waals surface area contributed by atoms with Gasteiger partial charge in [0.1, 0.15) is 12.1 Å². The van der Waals surface area contributed by atoms with Crippen LogP contribution in [0.15, 0.2) is 79.1 Å². The number of nitrogens with zero attached hydrogens (tertiary/aromatic N) is 3. The number of aromatic nitrogens is 2. The fourth-order valence-electron chi connectivity index (χ4n) is 4.14. The molecule has 0 spiro atoms. The Morgan fingerprint density at radius 3 is 2.27 bits per heavy atom. The number of carbonyl (C=O) groups is 2. The van der Waals surface area contributed by atoms with Gasteiger partial charge in [-0.2, -0.15) is 0 Å². The summed E-state index contributed by atoms with van der Waals surface area (Å²) in [5.74, 6) is 0.373. The van der Waals surface area contributed by atoms with E-state index in [0.717, 1.165) is 42.5 Å². The molecule has 8 nitrogen and oxygen atoms in total. The average molecular weight is 497 g/mol. The number of rotatable bonds is 11. The second-order valence-corrected chi connectivity index (χ2v) is 8.80. The van der Waals surface area contributed by atoms with Crippen LogP contribution in [0.1, 0.15) is 37.0 Å². The highest BCUT2D eigenvalue weighted by Crippen LogP contribution is 2.27. The molecule has 4 aromatic rings. The molecule has 4 rings (SSSR count). The first-order chi connectivity index (χ1) is 18.1. The Morgan fingerprint density at radius 2 is 1.51 bits per heavy atom. The second kappa shape index (κ2) is 12.6. The molecule has 0 unspecified atom stereocenters. The fourth-order valence-corrected chi connectivity index (χ4v) is 4.14. The lowest BCUT2D eigenvalue weighted by Crippen LogP contribution is -2.34. The summed E-state index contributed by atoms with van der Waals surface area (Å²) in [6.45, 7) is 6.40. The van der Waals surface area contributed by atoms with Gasteiger partial charge < -0.3 is 16.0 Å². The van der Waals surface area contributed by atoms with Crippen molar-refractivity contribution in [3.05, 3.63) is 84.7 Å². The summed E-state index contributed by atoms with van der Waals surface area (Å²) in [7, 11) is 0. The zero-order valence-electron chi connectivity index (χ0n) is 21.2.